The molecule has 0 unspecified atom stereocenters. The highest BCUT2D eigenvalue weighted by molar-refractivity contribution is 6.04. The molecule has 0 saturated heterocycles. The summed E-state index contributed by atoms with van der Waals surface area (Å²) in [5.41, 5.74) is 2.52. The smallest absolute Gasteiger partial charge is 0.274 e. The molecule has 0 fully saturated rings. The first kappa shape index (κ1) is 20.3. The second-order valence-electron chi connectivity index (χ2n) is 7.86. The normalized spacial score (nSPS) is 11.1. The molecule has 3 aromatic rings. The minimum atomic E-state index is -0.328. The Labute approximate surface area is 171 Å². The van der Waals surface area contributed by atoms with Gasteiger partial charge in [0.15, 0.2) is 5.82 Å². The van der Waals surface area contributed by atoms with Gasteiger partial charge in [0.2, 0.25) is 0 Å². The Morgan fingerprint density at radius 1 is 1.00 bits per heavy atom. The van der Waals surface area contributed by atoms with Gasteiger partial charge in [-0.25, -0.2) is 9.97 Å². The van der Waals surface area contributed by atoms with Gasteiger partial charge in [-0.15, -0.1) is 0 Å². The van der Waals surface area contributed by atoms with Gasteiger partial charge in [0, 0.05) is 17.2 Å². The maximum atomic E-state index is 13.0. The Hall–Kier alpha value is -3.41. The van der Waals surface area contributed by atoms with E-state index in [9.17, 15) is 4.79 Å². The number of carbonyl (C=O) groups excluding carboxylic acids is 1. The number of carbonyl (C=O) groups is 1. The summed E-state index contributed by atoms with van der Waals surface area (Å²) in [6.07, 6.45) is 0. The molecule has 0 bridgehead atoms. The molecule has 150 valence electrons. The van der Waals surface area contributed by atoms with E-state index in [0.29, 0.717) is 23.1 Å². The lowest BCUT2D eigenvalue weighted by atomic mass is 10.1. The molecular weight excluding hydrogens is 364 g/mol. The molecule has 0 aliphatic rings. The molecule has 1 aromatic heterocycles. The third kappa shape index (κ3) is 5.31. The lowest BCUT2D eigenvalue weighted by Gasteiger charge is -2.22. The van der Waals surface area contributed by atoms with Crippen molar-refractivity contribution in [2.24, 2.45) is 0 Å². The SMILES string of the molecule is COc1ccc(C)cc1NC(=O)c1cc(NC(C)(C)C)nc(-c2ccccc2)n1. The number of rotatable bonds is 5. The number of benzene rings is 2. The minimum absolute atomic E-state index is 0.212. The van der Waals surface area contributed by atoms with Crippen molar-refractivity contribution in [3.8, 4) is 17.1 Å². The fraction of sp³-hybridized carbons (Fsp3) is 0.261. The molecular formula is C23H26N4O2. The quantitative estimate of drug-likeness (QED) is 0.646. The number of hydrogen-bond acceptors (Lipinski definition) is 5. The summed E-state index contributed by atoms with van der Waals surface area (Å²) in [5, 5.41) is 6.23. The largest absolute Gasteiger partial charge is 0.495 e. The van der Waals surface area contributed by atoms with Gasteiger partial charge in [-0.1, -0.05) is 36.4 Å². The molecule has 1 amide bonds. The van der Waals surface area contributed by atoms with Crippen molar-refractivity contribution in [1.82, 2.24) is 9.97 Å². The summed E-state index contributed by atoms with van der Waals surface area (Å²) >= 11 is 0. The van der Waals surface area contributed by atoms with Crippen LogP contribution >= 0.6 is 0 Å². The van der Waals surface area contributed by atoms with Gasteiger partial charge in [0.25, 0.3) is 5.91 Å². The van der Waals surface area contributed by atoms with Crippen LogP contribution in [0.25, 0.3) is 11.4 Å². The van der Waals surface area contributed by atoms with E-state index in [2.05, 4.69) is 20.6 Å². The van der Waals surface area contributed by atoms with Crippen LogP contribution in [-0.2, 0) is 0 Å². The first-order valence-corrected chi connectivity index (χ1v) is 9.44. The highest BCUT2D eigenvalue weighted by Gasteiger charge is 2.18. The van der Waals surface area contributed by atoms with Gasteiger partial charge in [0.1, 0.15) is 17.3 Å². The molecule has 0 saturated carbocycles. The number of hydrogen-bond donors (Lipinski definition) is 2. The molecule has 0 radical (unpaired) electrons. The standard InChI is InChI=1S/C23H26N4O2/c1-15-11-12-19(29-5)17(13-15)25-22(28)18-14-20(27-23(2,3)4)26-21(24-18)16-9-7-6-8-10-16/h6-14H,1-5H3,(H,25,28)(H,24,26,27). The van der Waals surface area contributed by atoms with Gasteiger partial charge in [-0.3, -0.25) is 4.79 Å². The lowest BCUT2D eigenvalue weighted by molar-refractivity contribution is 0.102. The van der Waals surface area contributed by atoms with Crippen LogP contribution in [0.1, 0.15) is 36.8 Å². The predicted molar refractivity (Wildman–Crippen MR) is 117 cm³/mol. The zero-order chi connectivity index (χ0) is 21.0. The summed E-state index contributed by atoms with van der Waals surface area (Å²) in [4.78, 5) is 22.1. The number of amides is 1. The van der Waals surface area contributed by atoms with Crippen LogP contribution in [0.15, 0.2) is 54.6 Å². The molecule has 2 aromatic carbocycles. The summed E-state index contributed by atoms with van der Waals surface area (Å²) in [6, 6.07) is 16.9. The number of nitrogens with one attached hydrogen (secondary N) is 2. The third-order valence-corrected chi connectivity index (χ3v) is 4.10. The zero-order valence-corrected chi connectivity index (χ0v) is 17.4. The first-order chi connectivity index (χ1) is 13.7. The van der Waals surface area contributed by atoms with Crippen LogP contribution in [0.2, 0.25) is 0 Å². The number of anilines is 2. The van der Waals surface area contributed by atoms with E-state index in [-0.39, 0.29) is 17.1 Å². The topological polar surface area (TPSA) is 76.1 Å². The van der Waals surface area contributed by atoms with Gasteiger partial charge in [0.05, 0.1) is 12.8 Å². The molecule has 2 N–H and O–H groups in total. The van der Waals surface area contributed by atoms with Gasteiger partial charge >= 0.3 is 0 Å². The monoisotopic (exact) mass is 390 g/mol. The Bertz CT molecular complexity index is 1010. The Morgan fingerprint density at radius 3 is 2.38 bits per heavy atom. The van der Waals surface area contributed by atoms with Crippen molar-refractivity contribution in [2.45, 2.75) is 33.2 Å². The second-order valence-corrected chi connectivity index (χ2v) is 7.86. The Morgan fingerprint density at radius 2 is 1.72 bits per heavy atom. The van der Waals surface area contributed by atoms with Crippen LogP contribution < -0.4 is 15.4 Å². The van der Waals surface area contributed by atoms with Gasteiger partial charge in [-0.2, -0.15) is 0 Å². The summed E-state index contributed by atoms with van der Waals surface area (Å²) in [6.45, 7) is 8.07. The highest BCUT2D eigenvalue weighted by atomic mass is 16.5. The van der Waals surface area contributed by atoms with Crippen molar-refractivity contribution < 1.29 is 9.53 Å². The minimum Gasteiger partial charge on any atom is -0.495 e. The van der Waals surface area contributed by atoms with Crippen LogP contribution in [0.3, 0.4) is 0 Å². The number of methoxy groups -OCH3 is 1. The number of nitrogens with zero attached hydrogens (tertiary/aromatic N) is 2. The van der Waals surface area contributed by atoms with E-state index >= 15 is 0 Å². The van der Waals surface area contributed by atoms with E-state index in [4.69, 9.17) is 4.74 Å². The summed E-state index contributed by atoms with van der Waals surface area (Å²) in [7, 11) is 1.57. The van der Waals surface area contributed by atoms with E-state index in [0.717, 1.165) is 11.1 Å². The molecule has 0 atom stereocenters. The van der Waals surface area contributed by atoms with Crippen LogP contribution in [0.4, 0.5) is 11.5 Å². The maximum Gasteiger partial charge on any atom is 0.274 e. The van der Waals surface area contributed by atoms with E-state index < -0.39 is 0 Å². The molecule has 29 heavy (non-hydrogen) atoms. The fourth-order valence-corrected chi connectivity index (χ4v) is 2.83. The molecule has 3 rings (SSSR count). The van der Waals surface area contributed by atoms with Gasteiger partial charge in [-0.05, 0) is 45.4 Å². The van der Waals surface area contributed by atoms with Crippen LogP contribution in [0, 0.1) is 6.92 Å². The molecule has 6 heteroatoms. The molecule has 0 aliphatic carbocycles. The van der Waals surface area contributed by atoms with Crippen molar-refractivity contribution >= 4 is 17.4 Å². The average molecular weight is 390 g/mol. The average Bonchev–Trinajstić information content (AvgIpc) is 2.67. The molecule has 6 nitrogen and oxygen atoms in total. The fourth-order valence-electron chi connectivity index (χ4n) is 2.83. The van der Waals surface area contributed by atoms with E-state index in [1.54, 1.807) is 13.2 Å². The van der Waals surface area contributed by atoms with E-state index in [1.807, 2.05) is 76.2 Å². The Kier molecular flexibility index (Phi) is 5.82. The van der Waals surface area contributed by atoms with E-state index in [1.165, 1.54) is 0 Å². The predicted octanol–water partition coefficient (Wildman–Crippen LogP) is 4.92. The Balaban J connectivity index is 2.00. The van der Waals surface area contributed by atoms with Crippen LogP contribution in [-0.4, -0.2) is 28.5 Å². The highest BCUT2D eigenvalue weighted by Crippen LogP contribution is 2.26. The number of ether oxygens (including phenoxy) is 1. The third-order valence-electron chi connectivity index (χ3n) is 4.10. The number of aryl methyl sites for hydroxylation is 1. The van der Waals surface area contributed by atoms with Crippen molar-refractivity contribution in [2.75, 3.05) is 17.7 Å². The summed E-state index contributed by atoms with van der Waals surface area (Å²) in [5.74, 6) is 1.34. The molecule has 0 aliphatic heterocycles. The lowest BCUT2D eigenvalue weighted by Crippen LogP contribution is -2.27. The van der Waals surface area contributed by atoms with Crippen LogP contribution in [0.5, 0.6) is 5.75 Å². The molecule has 1 heterocycles. The van der Waals surface area contributed by atoms with Crippen molar-refractivity contribution in [3.63, 3.8) is 0 Å². The first-order valence-electron chi connectivity index (χ1n) is 9.44. The van der Waals surface area contributed by atoms with Gasteiger partial charge < -0.3 is 15.4 Å². The summed E-state index contributed by atoms with van der Waals surface area (Å²) < 4.78 is 5.36. The van der Waals surface area contributed by atoms with Crippen molar-refractivity contribution in [3.05, 3.63) is 65.9 Å². The second kappa shape index (κ2) is 8.31. The maximum absolute atomic E-state index is 13.0. The number of aromatic nitrogens is 2. The zero-order valence-electron chi connectivity index (χ0n) is 17.4. The molecule has 0 spiro atoms. The van der Waals surface area contributed by atoms with Crippen molar-refractivity contribution in [1.29, 1.82) is 0 Å².